The van der Waals surface area contributed by atoms with Gasteiger partial charge in [-0.15, -0.1) is 0 Å². The first-order valence-electron chi connectivity index (χ1n) is 6.17. The van der Waals surface area contributed by atoms with Crippen LogP contribution in [0, 0.1) is 0 Å². The summed E-state index contributed by atoms with van der Waals surface area (Å²) in [5, 5.41) is 15.9. The number of aromatic hydroxyl groups is 1. The molecule has 0 bridgehead atoms. The fraction of sp³-hybridized carbons (Fsp3) is 0.462. The predicted octanol–water partition coefficient (Wildman–Crippen LogP) is 2.03. The smallest absolute Gasteiger partial charge is 0.251 e. The standard InChI is InChI=1S/C13H17BrN2O2/c14-11-5-4-9(7-12(11)17)13(18)16-10-3-1-2-6-15-8-10/h4-5,7,10,15,17H,1-3,6,8H2,(H,16,18). The van der Waals surface area contributed by atoms with Crippen molar-refractivity contribution in [2.75, 3.05) is 13.1 Å². The number of carbonyl (C=O) groups is 1. The van der Waals surface area contributed by atoms with Crippen LogP contribution in [0.4, 0.5) is 0 Å². The second-order valence-corrected chi connectivity index (χ2v) is 5.39. The predicted molar refractivity (Wildman–Crippen MR) is 73.8 cm³/mol. The Labute approximate surface area is 115 Å². The molecule has 1 fully saturated rings. The molecule has 18 heavy (non-hydrogen) atoms. The number of nitrogens with one attached hydrogen (secondary N) is 2. The van der Waals surface area contributed by atoms with E-state index in [4.69, 9.17) is 0 Å². The number of benzene rings is 1. The summed E-state index contributed by atoms with van der Waals surface area (Å²) in [6.07, 6.45) is 3.29. The fourth-order valence-corrected chi connectivity index (χ4v) is 2.31. The Balaban J connectivity index is 1.99. The van der Waals surface area contributed by atoms with Gasteiger partial charge in [0.05, 0.1) is 4.47 Å². The Morgan fingerprint density at radius 2 is 2.28 bits per heavy atom. The van der Waals surface area contributed by atoms with Gasteiger partial charge in [-0.3, -0.25) is 4.79 Å². The van der Waals surface area contributed by atoms with Gasteiger partial charge < -0.3 is 15.7 Å². The molecule has 1 unspecified atom stereocenters. The van der Waals surface area contributed by atoms with E-state index in [2.05, 4.69) is 26.6 Å². The topological polar surface area (TPSA) is 61.4 Å². The summed E-state index contributed by atoms with van der Waals surface area (Å²) in [6, 6.07) is 5.02. The molecule has 3 N–H and O–H groups in total. The Morgan fingerprint density at radius 1 is 1.44 bits per heavy atom. The van der Waals surface area contributed by atoms with E-state index in [9.17, 15) is 9.90 Å². The molecule has 0 aliphatic carbocycles. The minimum atomic E-state index is -0.133. The molecule has 1 saturated heterocycles. The molecule has 1 atom stereocenters. The molecule has 4 nitrogen and oxygen atoms in total. The summed E-state index contributed by atoms with van der Waals surface area (Å²) >= 11 is 3.20. The van der Waals surface area contributed by atoms with Crippen LogP contribution < -0.4 is 10.6 Å². The number of hydrogen-bond donors (Lipinski definition) is 3. The van der Waals surface area contributed by atoms with Crippen LogP contribution in [-0.2, 0) is 0 Å². The largest absolute Gasteiger partial charge is 0.507 e. The van der Waals surface area contributed by atoms with Crippen LogP contribution >= 0.6 is 15.9 Å². The van der Waals surface area contributed by atoms with E-state index in [1.165, 1.54) is 6.07 Å². The average Bonchev–Trinajstić information content (AvgIpc) is 2.61. The zero-order chi connectivity index (χ0) is 13.0. The van der Waals surface area contributed by atoms with Crippen LogP contribution in [0.5, 0.6) is 5.75 Å². The summed E-state index contributed by atoms with van der Waals surface area (Å²) in [7, 11) is 0. The second-order valence-electron chi connectivity index (χ2n) is 4.54. The van der Waals surface area contributed by atoms with E-state index < -0.39 is 0 Å². The third-order valence-electron chi connectivity index (χ3n) is 3.09. The first-order valence-corrected chi connectivity index (χ1v) is 6.96. The Morgan fingerprint density at radius 3 is 3.06 bits per heavy atom. The van der Waals surface area contributed by atoms with Crippen molar-refractivity contribution in [3.63, 3.8) is 0 Å². The van der Waals surface area contributed by atoms with Gasteiger partial charge in [-0.2, -0.15) is 0 Å². The van der Waals surface area contributed by atoms with Crippen molar-refractivity contribution in [1.29, 1.82) is 0 Å². The van der Waals surface area contributed by atoms with E-state index in [1.54, 1.807) is 12.1 Å². The summed E-state index contributed by atoms with van der Waals surface area (Å²) < 4.78 is 0.593. The van der Waals surface area contributed by atoms with Gasteiger partial charge in [0.1, 0.15) is 5.75 Å². The molecule has 1 aliphatic heterocycles. The Hall–Kier alpha value is -1.07. The first kappa shape index (κ1) is 13.4. The average molecular weight is 313 g/mol. The van der Waals surface area contributed by atoms with Crippen LogP contribution in [0.25, 0.3) is 0 Å². The minimum absolute atomic E-state index is 0.0849. The molecule has 0 aromatic heterocycles. The highest BCUT2D eigenvalue weighted by Gasteiger charge is 2.16. The third kappa shape index (κ3) is 3.46. The van der Waals surface area contributed by atoms with Crippen molar-refractivity contribution < 1.29 is 9.90 Å². The van der Waals surface area contributed by atoms with Gasteiger partial charge in [0.15, 0.2) is 0 Å². The van der Waals surface area contributed by atoms with E-state index in [0.717, 1.165) is 32.4 Å². The lowest BCUT2D eigenvalue weighted by Crippen LogP contribution is -2.40. The first-order chi connectivity index (χ1) is 8.66. The molecule has 1 aromatic carbocycles. The molecular formula is C13H17BrN2O2. The number of amides is 1. The monoisotopic (exact) mass is 312 g/mol. The molecule has 2 rings (SSSR count). The lowest BCUT2D eigenvalue weighted by Gasteiger charge is -2.16. The van der Waals surface area contributed by atoms with Crippen molar-refractivity contribution in [3.05, 3.63) is 28.2 Å². The van der Waals surface area contributed by atoms with Gasteiger partial charge >= 0.3 is 0 Å². The summed E-state index contributed by atoms with van der Waals surface area (Å²) in [6.45, 7) is 1.83. The molecule has 1 aromatic rings. The Bertz CT molecular complexity index is 429. The van der Waals surface area contributed by atoms with E-state index >= 15 is 0 Å². The summed E-state index contributed by atoms with van der Waals surface area (Å²) in [5.41, 5.74) is 0.486. The van der Waals surface area contributed by atoms with Gasteiger partial charge in [-0.1, -0.05) is 6.42 Å². The van der Waals surface area contributed by atoms with Crippen molar-refractivity contribution in [1.82, 2.24) is 10.6 Å². The molecular weight excluding hydrogens is 296 g/mol. The van der Waals surface area contributed by atoms with Gasteiger partial charge in [-0.05, 0) is 53.5 Å². The number of hydrogen-bond acceptors (Lipinski definition) is 3. The van der Waals surface area contributed by atoms with Crippen molar-refractivity contribution in [2.45, 2.75) is 25.3 Å². The number of phenols is 1. The van der Waals surface area contributed by atoms with Gasteiger partial charge in [-0.25, -0.2) is 0 Å². The number of rotatable bonds is 2. The highest BCUT2D eigenvalue weighted by atomic mass is 79.9. The molecule has 98 valence electrons. The van der Waals surface area contributed by atoms with Crippen LogP contribution in [0.3, 0.4) is 0 Å². The molecule has 5 heteroatoms. The number of halogens is 1. The maximum atomic E-state index is 12.0. The highest BCUT2D eigenvalue weighted by Crippen LogP contribution is 2.24. The lowest BCUT2D eigenvalue weighted by molar-refractivity contribution is 0.0935. The van der Waals surface area contributed by atoms with Crippen LogP contribution in [0.2, 0.25) is 0 Å². The fourth-order valence-electron chi connectivity index (χ4n) is 2.06. The van der Waals surface area contributed by atoms with E-state index in [0.29, 0.717) is 10.0 Å². The quantitative estimate of drug-likeness (QED) is 0.783. The zero-order valence-electron chi connectivity index (χ0n) is 10.1. The molecule has 0 radical (unpaired) electrons. The van der Waals surface area contributed by atoms with Crippen molar-refractivity contribution in [2.24, 2.45) is 0 Å². The molecule has 1 amide bonds. The minimum Gasteiger partial charge on any atom is -0.507 e. The van der Waals surface area contributed by atoms with Crippen molar-refractivity contribution in [3.8, 4) is 5.75 Å². The van der Waals surface area contributed by atoms with E-state index in [1.807, 2.05) is 0 Å². The number of phenolic OH excluding ortho intramolecular Hbond substituents is 1. The lowest BCUT2D eigenvalue weighted by atomic mass is 10.1. The zero-order valence-corrected chi connectivity index (χ0v) is 11.7. The maximum absolute atomic E-state index is 12.0. The molecule has 0 spiro atoms. The number of carbonyl (C=O) groups excluding carboxylic acids is 1. The van der Waals surface area contributed by atoms with E-state index in [-0.39, 0.29) is 17.7 Å². The van der Waals surface area contributed by atoms with Gasteiger partial charge in [0.25, 0.3) is 5.91 Å². The molecule has 1 heterocycles. The van der Waals surface area contributed by atoms with Gasteiger partial charge in [0.2, 0.25) is 0 Å². The SMILES string of the molecule is O=C(NC1CCCCNC1)c1ccc(Br)c(O)c1. The van der Waals surface area contributed by atoms with Crippen LogP contribution in [-0.4, -0.2) is 30.1 Å². The van der Waals surface area contributed by atoms with Gasteiger partial charge in [0, 0.05) is 18.2 Å². The molecule has 1 aliphatic rings. The molecule has 0 saturated carbocycles. The maximum Gasteiger partial charge on any atom is 0.251 e. The van der Waals surface area contributed by atoms with Crippen LogP contribution in [0.1, 0.15) is 29.6 Å². The highest BCUT2D eigenvalue weighted by molar-refractivity contribution is 9.10. The van der Waals surface area contributed by atoms with Crippen LogP contribution in [0.15, 0.2) is 22.7 Å². The Kier molecular flexibility index (Phi) is 4.60. The summed E-state index contributed by atoms with van der Waals surface area (Å²) in [4.78, 5) is 12.0. The third-order valence-corrected chi connectivity index (χ3v) is 3.76. The van der Waals surface area contributed by atoms with Crippen molar-refractivity contribution >= 4 is 21.8 Å². The summed E-state index contributed by atoms with van der Waals surface area (Å²) in [5.74, 6) is -0.0480. The second kappa shape index (κ2) is 6.20. The normalized spacial score (nSPS) is 20.2.